The number of nitrogens with zero attached hydrogens (tertiary/aromatic N) is 2. The van der Waals surface area contributed by atoms with E-state index in [1.54, 1.807) is 22.6 Å². The number of aryl methyl sites for hydroxylation is 1. The second-order valence-corrected chi connectivity index (χ2v) is 7.29. The average molecular weight is 305 g/mol. The molecule has 5 nitrogen and oxygen atoms in total. The first-order valence-corrected chi connectivity index (χ1v) is 8.56. The number of aromatic nitrogens is 1. The molecule has 1 fully saturated rings. The van der Waals surface area contributed by atoms with Gasteiger partial charge in [0.15, 0.2) is 0 Å². The standard InChI is InChI=1S/C15H19N3O2S/c1-11-6-7-14(13-5-2-8-17-15(11)13)21(19,20)18-9-3-4-12(18)10-16/h2,5-8,12H,3-4,9-10,16H2,1H3. The molecule has 0 radical (unpaired) electrons. The van der Waals surface area contributed by atoms with Gasteiger partial charge in [0.1, 0.15) is 0 Å². The molecule has 1 aliphatic rings. The second kappa shape index (κ2) is 5.36. The van der Waals surface area contributed by atoms with E-state index < -0.39 is 10.0 Å². The smallest absolute Gasteiger partial charge is 0.244 e. The van der Waals surface area contributed by atoms with Gasteiger partial charge in [-0.1, -0.05) is 6.07 Å². The van der Waals surface area contributed by atoms with Crippen molar-refractivity contribution in [2.24, 2.45) is 5.73 Å². The van der Waals surface area contributed by atoms with Crippen LogP contribution in [0.2, 0.25) is 0 Å². The molecule has 1 aromatic heterocycles. The monoisotopic (exact) mass is 305 g/mol. The van der Waals surface area contributed by atoms with Gasteiger partial charge in [0.2, 0.25) is 10.0 Å². The van der Waals surface area contributed by atoms with Crippen molar-refractivity contribution in [2.75, 3.05) is 13.1 Å². The number of hydrogen-bond acceptors (Lipinski definition) is 4. The molecule has 112 valence electrons. The van der Waals surface area contributed by atoms with Gasteiger partial charge in [-0.3, -0.25) is 4.98 Å². The number of pyridine rings is 1. The van der Waals surface area contributed by atoms with Crippen molar-refractivity contribution >= 4 is 20.9 Å². The van der Waals surface area contributed by atoms with Crippen LogP contribution in [0.1, 0.15) is 18.4 Å². The maximum atomic E-state index is 13.0. The Morgan fingerprint density at radius 1 is 1.38 bits per heavy atom. The first-order valence-electron chi connectivity index (χ1n) is 7.12. The highest BCUT2D eigenvalue weighted by Crippen LogP contribution is 2.30. The summed E-state index contributed by atoms with van der Waals surface area (Å²) in [6.07, 6.45) is 3.38. The molecule has 2 N–H and O–H groups in total. The molecule has 2 aromatic rings. The molecule has 1 saturated heterocycles. The normalized spacial score (nSPS) is 20.2. The molecule has 1 atom stereocenters. The van der Waals surface area contributed by atoms with Gasteiger partial charge in [-0.15, -0.1) is 0 Å². The molecular weight excluding hydrogens is 286 g/mol. The molecule has 0 saturated carbocycles. The van der Waals surface area contributed by atoms with Crippen LogP contribution in [-0.4, -0.2) is 36.8 Å². The van der Waals surface area contributed by atoms with Crippen molar-refractivity contribution in [3.8, 4) is 0 Å². The zero-order chi connectivity index (χ0) is 15.0. The summed E-state index contributed by atoms with van der Waals surface area (Å²) < 4.78 is 27.5. The summed E-state index contributed by atoms with van der Waals surface area (Å²) >= 11 is 0. The molecule has 3 rings (SSSR count). The lowest BCUT2D eigenvalue weighted by molar-refractivity contribution is 0.393. The topological polar surface area (TPSA) is 76.3 Å². The van der Waals surface area contributed by atoms with E-state index >= 15 is 0 Å². The Labute approximate surface area is 124 Å². The molecule has 0 bridgehead atoms. The predicted octanol–water partition coefficient (Wildman–Crippen LogP) is 1.66. The summed E-state index contributed by atoms with van der Waals surface area (Å²) in [4.78, 5) is 4.64. The Morgan fingerprint density at radius 2 is 2.19 bits per heavy atom. The summed E-state index contributed by atoms with van der Waals surface area (Å²) in [5, 5.41) is 0.681. The minimum atomic E-state index is -3.53. The highest BCUT2D eigenvalue weighted by molar-refractivity contribution is 7.89. The van der Waals surface area contributed by atoms with E-state index in [1.165, 1.54) is 0 Å². The molecule has 1 aromatic carbocycles. The summed E-state index contributed by atoms with van der Waals surface area (Å²) in [5.41, 5.74) is 7.43. The SMILES string of the molecule is Cc1ccc(S(=O)(=O)N2CCCC2CN)c2cccnc12. The van der Waals surface area contributed by atoms with Crippen molar-refractivity contribution in [2.45, 2.75) is 30.7 Å². The largest absolute Gasteiger partial charge is 0.329 e. The third-order valence-electron chi connectivity index (χ3n) is 4.11. The zero-order valence-electron chi connectivity index (χ0n) is 12.0. The Hall–Kier alpha value is -1.50. The van der Waals surface area contributed by atoms with Crippen LogP contribution in [0, 0.1) is 6.92 Å². The van der Waals surface area contributed by atoms with Crippen molar-refractivity contribution in [3.05, 3.63) is 36.0 Å². The fourth-order valence-electron chi connectivity index (χ4n) is 3.00. The van der Waals surface area contributed by atoms with Gasteiger partial charge < -0.3 is 5.73 Å². The molecule has 1 unspecified atom stereocenters. The summed E-state index contributed by atoms with van der Waals surface area (Å²) in [6, 6.07) is 6.99. The summed E-state index contributed by atoms with van der Waals surface area (Å²) in [5.74, 6) is 0. The molecule has 0 spiro atoms. The van der Waals surface area contributed by atoms with E-state index in [0.29, 0.717) is 23.4 Å². The third kappa shape index (κ3) is 2.33. The summed E-state index contributed by atoms with van der Waals surface area (Å²) in [7, 11) is -3.53. The summed E-state index contributed by atoms with van der Waals surface area (Å²) in [6.45, 7) is 2.84. The van der Waals surface area contributed by atoms with E-state index in [4.69, 9.17) is 5.73 Å². The lowest BCUT2D eigenvalue weighted by Crippen LogP contribution is -2.39. The van der Waals surface area contributed by atoms with Gasteiger partial charge in [0.25, 0.3) is 0 Å². The van der Waals surface area contributed by atoms with Crippen LogP contribution >= 0.6 is 0 Å². The minimum Gasteiger partial charge on any atom is -0.329 e. The number of benzene rings is 1. The number of hydrogen-bond donors (Lipinski definition) is 1. The van der Waals surface area contributed by atoms with E-state index in [0.717, 1.165) is 23.9 Å². The number of nitrogens with two attached hydrogens (primary N) is 1. The van der Waals surface area contributed by atoms with E-state index in [2.05, 4.69) is 4.98 Å². The van der Waals surface area contributed by atoms with Crippen molar-refractivity contribution in [3.63, 3.8) is 0 Å². The maximum Gasteiger partial charge on any atom is 0.244 e. The van der Waals surface area contributed by atoms with Crippen LogP contribution in [-0.2, 0) is 10.0 Å². The second-order valence-electron chi connectivity index (χ2n) is 5.43. The van der Waals surface area contributed by atoms with Gasteiger partial charge in [0, 0.05) is 30.7 Å². The fraction of sp³-hybridized carbons (Fsp3) is 0.400. The van der Waals surface area contributed by atoms with Gasteiger partial charge in [-0.25, -0.2) is 8.42 Å². The van der Waals surface area contributed by atoms with Gasteiger partial charge in [-0.05, 0) is 43.5 Å². The maximum absolute atomic E-state index is 13.0. The van der Waals surface area contributed by atoms with Crippen LogP contribution < -0.4 is 5.73 Å². The lowest BCUT2D eigenvalue weighted by atomic mass is 10.1. The molecule has 0 amide bonds. The Balaban J connectivity index is 2.18. The zero-order valence-corrected chi connectivity index (χ0v) is 12.8. The van der Waals surface area contributed by atoms with Crippen molar-refractivity contribution < 1.29 is 8.42 Å². The molecule has 21 heavy (non-hydrogen) atoms. The van der Waals surface area contributed by atoms with E-state index in [-0.39, 0.29) is 6.04 Å². The van der Waals surface area contributed by atoms with Crippen LogP contribution in [0.15, 0.2) is 35.4 Å². The van der Waals surface area contributed by atoms with E-state index in [1.807, 2.05) is 19.1 Å². The molecule has 0 aliphatic carbocycles. The average Bonchev–Trinajstić information content (AvgIpc) is 2.97. The quantitative estimate of drug-likeness (QED) is 0.935. The Bertz CT molecular complexity index is 774. The van der Waals surface area contributed by atoms with E-state index in [9.17, 15) is 8.42 Å². The highest BCUT2D eigenvalue weighted by atomic mass is 32.2. The van der Waals surface area contributed by atoms with Crippen LogP contribution in [0.4, 0.5) is 0 Å². The first kappa shape index (κ1) is 14.4. The Kier molecular flexibility index (Phi) is 3.69. The fourth-order valence-corrected chi connectivity index (χ4v) is 4.89. The lowest BCUT2D eigenvalue weighted by Gasteiger charge is -2.23. The van der Waals surface area contributed by atoms with Gasteiger partial charge in [0.05, 0.1) is 10.4 Å². The molecule has 6 heteroatoms. The van der Waals surface area contributed by atoms with Gasteiger partial charge in [-0.2, -0.15) is 4.31 Å². The van der Waals surface area contributed by atoms with Crippen molar-refractivity contribution in [1.82, 2.24) is 9.29 Å². The van der Waals surface area contributed by atoms with Crippen LogP contribution in [0.3, 0.4) is 0 Å². The highest BCUT2D eigenvalue weighted by Gasteiger charge is 2.35. The molecular formula is C15H19N3O2S. The number of rotatable bonds is 3. The number of sulfonamides is 1. The first-order chi connectivity index (χ1) is 10.1. The van der Waals surface area contributed by atoms with Crippen LogP contribution in [0.5, 0.6) is 0 Å². The third-order valence-corrected chi connectivity index (χ3v) is 6.12. The minimum absolute atomic E-state index is 0.0944. The van der Waals surface area contributed by atoms with Crippen LogP contribution in [0.25, 0.3) is 10.9 Å². The van der Waals surface area contributed by atoms with Gasteiger partial charge >= 0.3 is 0 Å². The van der Waals surface area contributed by atoms with Crippen molar-refractivity contribution in [1.29, 1.82) is 0 Å². The predicted molar refractivity (Wildman–Crippen MR) is 82.4 cm³/mol. The number of fused-ring (bicyclic) bond motifs is 1. The molecule has 2 heterocycles. The molecule has 1 aliphatic heterocycles. The Morgan fingerprint density at radius 3 is 2.95 bits per heavy atom.